The minimum Gasteiger partial charge on any atom is -0.458 e. The average Bonchev–Trinajstić information content (AvgIpc) is 1.53. The topological polar surface area (TPSA) is 423 Å². The highest BCUT2D eigenvalue weighted by molar-refractivity contribution is 14.1. The van der Waals surface area contributed by atoms with Crippen LogP contribution in [-0.4, -0.2) is 248 Å². The number of esters is 4. The summed E-state index contributed by atoms with van der Waals surface area (Å²) >= 11 is 7.79. The Hall–Kier alpha value is -2.60. The molecule has 13 aliphatic rings. The predicted molar refractivity (Wildman–Crippen MR) is 368 cm³/mol. The monoisotopic (exact) mass is 1620 g/mol. The summed E-state index contributed by atoms with van der Waals surface area (Å²) in [5.74, 6) is 0.377. The van der Waals surface area contributed by atoms with Crippen LogP contribution in [0.25, 0.3) is 0 Å². The number of imide groups is 1. The Morgan fingerprint density at radius 2 is 0.863 bits per heavy atom. The summed E-state index contributed by atoms with van der Waals surface area (Å²) in [7, 11) is 0. The van der Waals surface area contributed by atoms with Gasteiger partial charge in [0.15, 0.2) is 37.4 Å². The van der Waals surface area contributed by atoms with E-state index < -0.39 is 91.9 Å². The molecular formula is C63H106I2N4O24S2. The number of rotatable bonds is 15. The van der Waals surface area contributed by atoms with Gasteiger partial charge in [0, 0.05) is 131 Å². The predicted octanol–water partition coefficient (Wildman–Crippen LogP) is 5.53. The zero-order valence-electron chi connectivity index (χ0n) is 54.2. The van der Waals surface area contributed by atoms with Crippen molar-refractivity contribution in [1.82, 2.24) is 4.90 Å². The van der Waals surface area contributed by atoms with Gasteiger partial charge in [-0.05, 0) is 70.4 Å². The number of aliphatic hydroxyl groups is 5. The van der Waals surface area contributed by atoms with Crippen molar-refractivity contribution < 1.29 is 118 Å². The Morgan fingerprint density at radius 3 is 1.26 bits per heavy atom. The number of hydrogen-bond acceptors (Lipinski definition) is 28. The van der Waals surface area contributed by atoms with Crippen molar-refractivity contribution in [2.45, 2.75) is 218 Å². The largest absolute Gasteiger partial charge is 0.458 e. The highest BCUT2D eigenvalue weighted by atomic mass is 127. The molecule has 8 bridgehead atoms. The molecule has 20 atom stereocenters. The third-order valence-electron chi connectivity index (χ3n) is 16.8. The SMILES string of the molecule is C.CC(=O)OC1C2OCCCCC(C(CI)O2)C1OC(C)=O.CC(=O)OC1C2OCCCCC(C(CSCCN3C(=O)c4ccccc4C3=O)O2)C1OC(C)=O.CCO.N=N.NCCSCC1OC2OCCCCC1C(O)C2O.O.OC1C2OCCCCC(C(CI)O2)C1O.[HH]. The van der Waals surface area contributed by atoms with Crippen molar-refractivity contribution in [3.05, 3.63) is 35.4 Å². The summed E-state index contributed by atoms with van der Waals surface area (Å²) in [6.07, 6.45) is 1.69. The van der Waals surface area contributed by atoms with E-state index in [0.717, 1.165) is 97.4 Å². The molecule has 1 aromatic rings. The first-order chi connectivity index (χ1) is 44.8. The van der Waals surface area contributed by atoms with Gasteiger partial charge in [-0.2, -0.15) is 23.5 Å². The molecule has 1 aromatic carbocycles. The minimum absolute atomic E-state index is 0. The summed E-state index contributed by atoms with van der Waals surface area (Å²) in [5, 5.41) is 47.5. The quantitative estimate of drug-likeness (QED) is 0.0204. The number of hydrogen-bond donors (Lipinski definition) is 8. The Labute approximate surface area is 594 Å². The van der Waals surface area contributed by atoms with Crippen molar-refractivity contribution in [3.63, 3.8) is 0 Å². The average molecular weight is 1620 g/mol. The Bertz CT molecular complexity index is 2410. The zero-order chi connectivity index (χ0) is 68.1. The van der Waals surface area contributed by atoms with Crippen LogP contribution >= 0.6 is 68.7 Å². The fraction of sp³-hybridized carbons (Fsp3) is 0.810. The zero-order valence-corrected chi connectivity index (χ0v) is 60.2. The van der Waals surface area contributed by atoms with Crippen LogP contribution in [0, 0.1) is 34.7 Å². The van der Waals surface area contributed by atoms with Crippen LogP contribution in [0.1, 0.15) is 141 Å². The van der Waals surface area contributed by atoms with Gasteiger partial charge >= 0.3 is 23.9 Å². The van der Waals surface area contributed by atoms with Crippen LogP contribution < -0.4 is 5.73 Å². The van der Waals surface area contributed by atoms with Gasteiger partial charge in [-0.15, -0.1) is 0 Å². The number of aliphatic hydroxyl groups excluding tert-OH is 5. The molecule has 20 unspecified atom stereocenters. The van der Waals surface area contributed by atoms with Crippen molar-refractivity contribution in [2.75, 3.05) is 78.0 Å². The van der Waals surface area contributed by atoms with Crippen molar-refractivity contribution >= 4 is 104 Å². The number of nitrogens with zero attached hydrogens (tertiary/aromatic N) is 1. The van der Waals surface area contributed by atoms with E-state index in [2.05, 4.69) is 45.2 Å². The molecular weight excluding hydrogens is 1510 g/mol. The maximum Gasteiger partial charge on any atom is 0.303 e. The van der Waals surface area contributed by atoms with Gasteiger partial charge in [0.1, 0.15) is 24.4 Å². The van der Waals surface area contributed by atoms with E-state index in [0.29, 0.717) is 55.6 Å². The van der Waals surface area contributed by atoms with Crippen LogP contribution in [0.2, 0.25) is 0 Å². The number of amides is 2. The van der Waals surface area contributed by atoms with E-state index >= 15 is 0 Å². The molecule has 2 amide bonds. The molecule has 0 aromatic heterocycles. The molecule has 95 heavy (non-hydrogen) atoms. The lowest BCUT2D eigenvalue weighted by Crippen LogP contribution is -2.58. The number of fused-ring (bicyclic) bond motifs is 25. The summed E-state index contributed by atoms with van der Waals surface area (Å²) in [4.78, 5) is 72.8. The minimum atomic E-state index is -0.927. The van der Waals surface area contributed by atoms with Crippen molar-refractivity contribution in [3.8, 4) is 0 Å². The van der Waals surface area contributed by atoms with Crippen LogP contribution in [0.3, 0.4) is 0 Å². The Morgan fingerprint density at radius 1 is 0.547 bits per heavy atom. The maximum atomic E-state index is 12.6. The fourth-order valence-electron chi connectivity index (χ4n) is 12.6. The summed E-state index contributed by atoms with van der Waals surface area (Å²) in [5.41, 5.74) is 16.3. The molecule has 548 valence electrons. The van der Waals surface area contributed by atoms with Crippen LogP contribution in [-0.2, 0) is 76.0 Å². The van der Waals surface area contributed by atoms with Gasteiger partial charge in [0.2, 0.25) is 0 Å². The van der Waals surface area contributed by atoms with Gasteiger partial charge < -0.3 is 93.6 Å². The summed E-state index contributed by atoms with van der Waals surface area (Å²) in [6, 6.07) is 6.83. The number of ether oxygens (including phenoxy) is 12. The van der Waals surface area contributed by atoms with Crippen molar-refractivity contribution in [1.29, 1.82) is 11.1 Å². The number of carbonyl (C=O) groups is 6. The first-order valence-corrected chi connectivity index (χ1v) is 37.4. The second-order valence-electron chi connectivity index (χ2n) is 23.4. The molecule has 0 saturated carbocycles. The molecule has 0 aliphatic carbocycles. The van der Waals surface area contributed by atoms with Gasteiger partial charge in [0.25, 0.3) is 11.8 Å². The number of carbonyl (C=O) groups excluding carboxylic acids is 6. The first-order valence-electron chi connectivity index (χ1n) is 32.1. The lowest BCUT2D eigenvalue weighted by Gasteiger charge is -2.44. The molecule has 32 heteroatoms. The first kappa shape index (κ1) is 86.6. The Balaban J connectivity index is 0.000000441. The molecule has 13 heterocycles. The van der Waals surface area contributed by atoms with E-state index in [4.69, 9.17) is 78.7 Å². The highest BCUT2D eigenvalue weighted by Crippen LogP contribution is 2.40. The lowest BCUT2D eigenvalue weighted by atomic mass is 9.85. The smallest absolute Gasteiger partial charge is 0.303 e. The molecule has 12 fully saturated rings. The van der Waals surface area contributed by atoms with Crippen molar-refractivity contribution in [2.24, 2.45) is 29.4 Å². The van der Waals surface area contributed by atoms with E-state index in [1.165, 1.54) is 32.6 Å². The highest BCUT2D eigenvalue weighted by Gasteiger charge is 2.53. The van der Waals surface area contributed by atoms with E-state index in [-0.39, 0.29) is 93.4 Å². The molecule has 12 saturated heterocycles. The normalized spacial score (nSPS) is 33.7. The number of thioether (sulfide) groups is 2. The molecule has 0 radical (unpaired) electrons. The summed E-state index contributed by atoms with van der Waals surface area (Å²) < 4.78 is 69.7. The number of benzene rings is 1. The molecule has 0 spiro atoms. The lowest BCUT2D eigenvalue weighted by molar-refractivity contribution is -0.285. The standard InChI is InChI=1S/C24H29NO8S.C14H21IO6.C12H23NO4S.C10H17IO4.C2H6O.CH4.H2N2.H2O.H2/c1-14(26)31-20-18-9-5-6-11-30-24(21(20)32-15(2)27)33-19(18)13-34-12-10-25-22(28)16-7-3-4-8-17(16)23(25)29;1-8(16)19-12-10-5-3-4-6-18-14(21-11(10)7-15)13(12)20-9(2)17;13-4-6-18-7-9-8-3-1-2-5-16-12(17-9)11(15)10(8)14;11-5-7-6-3-1-2-4-14-10(15-7)9(13)8(6)12;1-2-3;;1-2;;/h3-4,7-8,18-21,24H,5-6,9-13H2,1-2H3;10-14H,3-7H2,1-2H3;8-12,14-15H,1-7,13H2;6-10,12-13H,1-5H2;3H,2H2,1H3;1H4;1-2H;1H2;1H. The fourth-order valence-corrected chi connectivity index (χ4v) is 16.3. The van der Waals surface area contributed by atoms with Gasteiger partial charge in [-0.25, -0.2) is 11.1 Å². The number of nitrogens with two attached hydrogens (primary N) is 1. The third kappa shape index (κ3) is 25.8. The van der Waals surface area contributed by atoms with Gasteiger partial charge in [-0.1, -0.05) is 90.4 Å². The van der Waals surface area contributed by atoms with Crippen LogP contribution in [0.15, 0.2) is 24.3 Å². The van der Waals surface area contributed by atoms with Gasteiger partial charge in [-0.3, -0.25) is 33.7 Å². The summed E-state index contributed by atoms with van der Waals surface area (Å²) in [6.45, 7) is 10.4. The number of halogens is 2. The molecule has 13 aliphatic heterocycles. The van der Waals surface area contributed by atoms with Crippen LogP contribution in [0.4, 0.5) is 0 Å². The third-order valence-corrected chi connectivity index (χ3v) is 20.7. The second kappa shape index (κ2) is 46.0. The van der Waals surface area contributed by atoms with E-state index in [9.17, 15) is 49.2 Å². The Kier molecular flexibility index (Phi) is 42.0. The van der Waals surface area contributed by atoms with Crippen LogP contribution in [0.5, 0.6) is 0 Å². The number of alkyl halides is 2. The molecule has 14 rings (SSSR count). The second-order valence-corrected chi connectivity index (χ2v) is 27.5. The molecule has 28 nitrogen and oxygen atoms in total. The number of nitrogens with one attached hydrogen (secondary N) is 2. The maximum absolute atomic E-state index is 12.6. The van der Waals surface area contributed by atoms with Gasteiger partial charge in [0.05, 0.1) is 47.8 Å². The van der Waals surface area contributed by atoms with E-state index in [1.807, 2.05) is 0 Å². The molecule has 11 N–H and O–H groups in total. The van der Waals surface area contributed by atoms with E-state index in [1.54, 1.807) is 54.7 Å².